The number of halogens is 3. The lowest BCUT2D eigenvalue weighted by Crippen LogP contribution is -2.41. The van der Waals surface area contributed by atoms with E-state index >= 15 is 0 Å². The molecule has 1 fully saturated rings. The number of methoxy groups -OCH3 is 2. The fourth-order valence-electron chi connectivity index (χ4n) is 5.44. The van der Waals surface area contributed by atoms with E-state index < -0.39 is 20.1 Å². The molecular formula is C31H50F3N5O4Si. The Morgan fingerprint density at radius 2 is 1.82 bits per heavy atom. The van der Waals surface area contributed by atoms with E-state index in [1.807, 2.05) is 25.1 Å². The van der Waals surface area contributed by atoms with Gasteiger partial charge in [0.15, 0.2) is 0 Å². The maximum Gasteiger partial charge on any atom is 0.451 e. The smallest absolute Gasteiger partial charge is 0.451 e. The maximum atomic E-state index is 14.0. The summed E-state index contributed by atoms with van der Waals surface area (Å²) in [5.41, 5.74) is 2.28. The van der Waals surface area contributed by atoms with Gasteiger partial charge in [0.25, 0.3) is 0 Å². The lowest BCUT2D eigenvalue weighted by molar-refractivity contribution is -0.150. The maximum absolute atomic E-state index is 14.0. The van der Waals surface area contributed by atoms with Gasteiger partial charge in [-0.1, -0.05) is 46.5 Å². The number of aromatic nitrogens is 3. The summed E-state index contributed by atoms with van der Waals surface area (Å²) in [6, 6.07) is 6.90. The quantitative estimate of drug-likeness (QED) is 0.122. The second-order valence-electron chi connectivity index (χ2n) is 13.4. The SMILES string of the molecule is COC(=O)CC(C)c1ccc(N(CC(C)C)C2CCC(OC)CC2)c(Nc2nc(C(F)(F)F)n(COCC[Si](C)(C)C)n2)c1. The molecule has 1 aromatic carbocycles. The summed E-state index contributed by atoms with van der Waals surface area (Å²) in [5.74, 6) is -1.47. The number of nitrogens with one attached hydrogen (secondary N) is 1. The molecule has 9 nitrogen and oxygen atoms in total. The first-order valence-electron chi connectivity index (χ1n) is 15.5. The number of esters is 1. The fourth-order valence-corrected chi connectivity index (χ4v) is 6.19. The van der Waals surface area contributed by atoms with Crippen molar-refractivity contribution in [2.45, 2.75) is 110 Å². The minimum Gasteiger partial charge on any atom is -0.469 e. The van der Waals surface area contributed by atoms with Crippen LogP contribution in [0.4, 0.5) is 30.5 Å². The number of benzene rings is 1. The minimum absolute atomic E-state index is 0.169. The molecule has 0 radical (unpaired) electrons. The van der Waals surface area contributed by atoms with Crippen LogP contribution in [0.2, 0.25) is 25.7 Å². The monoisotopic (exact) mass is 641 g/mol. The van der Waals surface area contributed by atoms with E-state index in [1.54, 1.807) is 7.11 Å². The zero-order chi connectivity index (χ0) is 32.7. The van der Waals surface area contributed by atoms with E-state index in [4.69, 9.17) is 14.2 Å². The molecule has 1 heterocycles. The Bertz CT molecular complexity index is 1210. The van der Waals surface area contributed by atoms with Gasteiger partial charge in [-0.05, 0) is 61.3 Å². The zero-order valence-corrected chi connectivity index (χ0v) is 28.5. The number of hydrogen-bond donors (Lipinski definition) is 1. The highest BCUT2D eigenvalue weighted by Gasteiger charge is 2.38. The number of carbonyl (C=O) groups excluding carboxylic acids is 1. The molecule has 3 rings (SSSR count). The Kier molecular flexibility index (Phi) is 12.7. The van der Waals surface area contributed by atoms with E-state index in [9.17, 15) is 18.0 Å². The molecule has 1 atom stereocenters. The van der Waals surface area contributed by atoms with Crippen LogP contribution in [-0.4, -0.2) is 68.3 Å². The number of rotatable bonds is 15. The summed E-state index contributed by atoms with van der Waals surface area (Å²) in [5, 5.41) is 7.31. The molecule has 1 aliphatic carbocycles. The molecule has 248 valence electrons. The summed E-state index contributed by atoms with van der Waals surface area (Å²) < 4.78 is 58.9. The van der Waals surface area contributed by atoms with E-state index in [1.165, 1.54) is 7.11 Å². The molecule has 0 amide bonds. The standard InChI is InChI=1S/C31H50F3N5O4Si/c1-21(2)19-38(24-10-12-25(41-4)13-11-24)27-14-9-23(22(3)17-28(40)42-5)18-26(27)35-30-36-29(31(32,33)34)39(37-30)20-43-15-16-44(6,7)8/h9,14,18,21-22,24-25H,10-13,15-17,19-20H2,1-8H3,(H,35,37). The number of nitrogens with zero attached hydrogens (tertiary/aromatic N) is 4. The van der Waals surface area contributed by atoms with Crippen LogP contribution in [0.25, 0.3) is 0 Å². The summed E-state index contributed by atoms with van der Waals surface area (Å²) in [6.07, 6.45) is -0.565. The predicted molar refractivity (Wildman–Crippen MR) is 169 cm³/mol. The van der Waals surface area contributed by atoms with E-state index in [0.717, 1.165) is 54.2 Å². The van der Waals surface area contributed by atoms with Crippen molar-refractivity contribution in [2.24, 2.45) is 5.92 Å². The van der Waals surface area contributed by atoms with Crippen molar-refractivity contribution in [3.05, 3.63) is 29.6 Å². The number of anilines is 3. The van der Waals surface area contributed by atoms with Gasteiger partial charge in [-0.2, -0.15) is 18.2 Å². The average molecular weight is 642 g/mol. The Labute approximate surface area is 260 Å². The van der Waals surface area contributed by atoms with Gasteiger partial charge in [0, 0.05) is 34.4 Å². The van der Waals surface area contributed by atoms with Gasteiger partial charge in [-0.3, -0.25) is 4.79 Å². The van der Waals surface area contributed by atoms with Crippen LogP contribution >= 0.6 is 0 Å². The van der Waals surface area contributed by atoms with E-state index in [2.05, 4.69) is 53.8 Å². The van der Waals surface area contributed by atoms with Gasteiger partial charge >= 0.3 is 12.1 Å². The lowest BCUT2D eigenvalue weighted by Gasteiger charge is -2.40. The molecule has 1 aromatic heterocycles. The second kappa shape index (κ2) is 15.6. The van der Waals surface area contributed by atoms with Crippen LogP contribution in [0, 0.1) is 5.92 Å². The van der Waals surface area contributed by atoms with Crippen molar-refractivity contribution in [1.29, 1.82) is 0 Å². The summed E-state index contributed by atoms with van der Waals surface area (Å²) >= 11 is 0. The van der Waals surface area contributed by atoms with Gasteiger partial charge in [0.2, 0.25) is 11.8 Å². The third kappa shape index (κ3) is 10.5. The van der Waals surface area contributed by atoms with Crippen LogP contribution in [0.15, 0.2) is 18.2 Å². The molecule has 1 N–H and O–H groups in total. The molecule has 1 saturated carbocycles. The summed E-state index contributed by atoms with van der Waals surface area (Å²) in [4.78, 5) is 18.2. The fraction of sp³-hybridized carbons (Fsp3) is 0.710. The number of alkyl halides is 3. The molecule has 0 spiro atoms. The first-order chi connectivity index (χ1) is 20.6. The minimum atomic E-state index is -4.71. The van der Waals surface area contributed by atoms with Gasteiger partial charge in [-0.15, -0.1) is 5.10 Å². The Balaban J connectivity index is 2.00. The molecule has 44 heavy (non-hydrogen) atoms. The van der Waals surface area contributed by atoms with E-state index in [0.29, 0.717) is 18.2 Å². The van der Waals surface area contributed by atoms with Crippen molar-refractivity contribution < 1.29 is 32.2 Å². The van der Waals surface area contributed by atoms with Crippen molar-refractivity contribution in [2.75, 3.05) is 37.6 Å². The molecule has 0 saturated heterocycles. The Hall–Kier alpha value is -2.64. The van der Waals surface area contributed by atoms with Crippen molar-refractivity contribution in [3.8, 4) is 0 Å². The van der Waals surface area contributed by atoms with Crippen LogP contribution in [0.5, 0.6) is 0 Å². The third-order valence-electron chi connectivity index (χ3n) is 7.96. The van der Waals surface area contributed by atoms with Crippen molar-refractivity contribution in [1.82, 2.24) is 14.8 Å². The number of ether oxygens (including phenoxy) is 3. The first-order valence-corrected chi connectivity index (χ1v) is 19.2. The van der Waals surface area contributed by atoms with Gasteiger partial charge in [0.1, 0.15) is 6.73 Å². The highest BCUT2D eigenvalue weighted by Crippen LogP contribution is 2.38. The Morgan fingerprint density at radius 1 is 1.14 bits per heavy atom. The highest BCUT2D eigenvalue weighted by molar-refractivity contribution is 6.76. The molecule has 1 unspecified atom stereocenters. The molecule has 1 aliphatic rings. The topological polar surface area (TPSA) is 90.7 Å². The van der Waals surface area contributed by atoms with Crippen LogP contribution in [-0.2, 0) is 31.9 Å². The predicted octanol–water partition coefficient (Wildman–Crippen LogP) is 7.44. The van der Waals surface area contributed by atoms with Gasteiger partial charge in [0.05, 0.1) is 31.0 Å². The second-order valence-corrected chi connectivity index (χ2v) is 19.0. The largest absolute Gasteiger partial charge is 0.469 e. The van der Waals surface area contributed by atoms with Crippen molar-refractivity contribution in [3.63, 3.8) is 0 Å². The highest BCUT2D eigenvalue weighted by atomic mass is 28.3. The normalized spacial score (nSPS) is 18.4. The molecule has 13 heteroatoms. The van der Waals surface area contributed by atoms with Crippen LogP contribution in [0.1, 0.15) is 70.2 Å². The molecule has 0 aliphatic heterocycles. The van der Waals surface area contributed by atoms with Crippen LogP contribution in [0.3, 0.4) is 0 Å². The lowest BCUT2D eigenvalue weighted by atomic mass is 9.90. The van der Waals surface area contributed by atoms with Gasteiger partial charge < -0.3 is 24.4 Å². The molecule has 0 bridgehead atoms. The number of carbonyl (C=O) groups is 1. The molecular weight excluding hydrogens is 591 g/mol. The number of hydrogen-bond acceptors (Lipinski definition) is 8. The van der Waals surface area contributed by atoms with Gasteiger partial charge in [-0.25, -0.2) is 4.68 Å². The first kappa shape index (κ1) is 35.8. The van der Waals surface area contributed by atoms with E-state index in [-0.39, 0.29) is 43.1 Å². The average Bonchev–Trinajstić information content (AvgIpc) is 3.36. The zero-order valence-electron chi connectivity index (χ0n) is 27.5. The summed E-state index contributed by atoms with van der Waals surface area (Å²) in [6.45, 7) is 13.5. The third-order valence-corrected chi connectivity index (χ3v) is 9.67. The van der Waals surface area contributed by atoms with Crippen LogP contribution < -0.4 is 10.2 Å². The van der Waals surface area contributed by atoms with Crippen molar-refractivity contribution >= 4 is 31.4 Å². The summed E-state index contributed by atoms with van der Waals surface area (Å²) in [7, 11) is 1.68. The molecule has 2 aromatic rings. The Morgan fingerprint density at radius 3 is 2.39 bits per heavy atom.